The largest absolute Gasteiger partial charge is 0.384 e. The van der Waals surface area contributed by atoms with Crippen LogP contribution in [0.2, 0.25) is 0 Å². The Hall–Kier alpha value is -0.650. The number of likely N-dealkylation sites (tertiary alicyclic amines) is 1. The molecule has 0 aromatic carbocycles. The highest BCUT2D eigenvalue weighted by Gasteiger charge is 2.30. The molecule has 1 N–H and O–H groups in total. The second kappa shape index (κ2) is 6.33. The summed E-state index contributed by atoms with van der Waals surface area (Å²) in [7, 11) is 1.72. The summed E-state index contributed by atoms with van der Waals surface area (Å²) in [5.74, 6) is 0.618. The molecule has 0 radical (unpaired) electrons. The zero-order valence-corrected chi connectivity index (χ0v) is 10.5. The Kier molecular flexibility index (Phi) is 4.76. The number of amides is 1. The lowest BCUT2D eigenvalue weighted by Gasteiger charge is -2.35. The van der Waals surface area contributed by atoms with E-state index in [2.05, 4.69) is 5.32 Å². The molecule has 2 rings (SSSR count). The fourth-order valence-electron chi connectivity index (χ4n) is 2.56. The summed E-state index contributed by atoms with van der Waals surface area (Å²) in [6.45, 7) is 4.53. The van der Waals surface area contributed by atoms with Crippen molar-refractivity contribution in [2.75, 3.05) is 46.5 Å². The van der Waals surface area contributed by atoms with Crippen molar-refractivity contribution < 1.29 is 14.3 Å². The molecule has 2 saturated heterocycles. The number of methoxy groups -OCH3 is 1. The number of hydrogen-bond donors (Lipinski definition) is 1. The number of nitrogens with one attached hydrogen (secondary N) is 1. The maximum atomic E-state index is 12.2. The number of hydrogen-bond acceptors (Lipinski definition) is 4. The van der Waals surface area contributed by atoms with E-state index in [0.29, 0.717) is 19.1 Å². The quantitative estimate of drug-likeness (QED) is 0.748. The molecule has 2 heterocycles. The zero-order chi connectivity index (χ0) is 12.1. The molecule has 5 heteroatoms. The van der Waals surface area contributed by atoms with Crippen molar-refractivity contribution in [3.8, 4) is 0 Å². The highest BCUT2D eigenvalue weighted by molar-refractivity contribution is 5.81. The van der Waals surface area contributed by atoms with Crippen LogP contribution in [0.15, 0.2) is 0 Å². The fraction of sp³-hybridized carbons (Fsp3) is 0.917. The van der Waals surface area contributed by atoms with Crippen molar-refractivity contribution in [2.45, 2.75) is 18.9 Å². The minimum Gasteiger partial charge on any atom is -0.384 e. The number of rotatable bonds is 3. The number of carbonyl (C=O) groups is 1. The van der Waals surface area contributed by atoms with Crippen LogP contribution in [0.3, 0.4) is 0 Å². The van der Waals surface area contributed by atoms with Gasteiger partial charge in [-0.2, -0.15) is 0 Å². The molecule has 0 unspecified atom stereocenters. The molecule has 2 atom stereocenters. The van der Waals surface area contributed by atoms with Gasteiger partial charge in [-0.1, -0.05) is 0 Å². The van der Waals surface area contributed by atoms with E-state index in [-0.39, 0.29) is 12.0 Å². The van der Waals surface area contributed by atoms with Crippen molar-refractivity contribution in [1.82, 2.24) is 10.2 Å². The molecule has 0 bridgehead atoms. The first kappa shape index (κ1) is 12.8. The summed E-state index contributed by atoms with van der Waals surface area (Å²) in [6, 6.07) is 0. The minimum atomic E-state index is -0.287. The van der Waals surface area contributed by atoms with E-state index in [1.165, 1.54) is 0 Å². The summed E-state index contributed by atoms with van der Waals surface area (Å²) < 4.78 is 10.7. The summed E-state index contributed by atoms with van der Waals surface area (Å²) in [6.07, 6.45) is 1.94. The number of ether oxygens (including phenoxy) is 2. The van der Waals surface area contributed by atoms with Crippen LogP contribution in [0.1, 0.15) is 12.8 Å². The normalized spacial score (nSPS) is 30.3. The Labute approximate surface area is 102 Å². The lowest BCUT2D eigenvalue weighted by atomic mass is 9.98. The number of nitrogens with zero attached hydrogens (tertiary/aromatic N) is 1. The van der Waals surface area contributed by atoms with Crippen LogP contribution >= 0.6 is 0 Å². The van der Waals surface area contributed by atoms with Crippen LogP contribution < -0.4 is 5.32 Å². The molecule has 0 saturated carbocycles. The maximum Gasteiger partial charge on any atom is 0.253 e. The van der Waals surface area contributed by atoms with Crippen molar-refractivity contribution in [2.24, 2.45) is 5.92 Å². The summed E-state index contributed by atoms with van der Waals surface area (Å²) >= 11 is 0. The van der Waals surface area contributed by atoms with Crippen molar-refractivity contribution in [3.63, 3.8) is 0 Å². The Morgan fingerprint density at radius 1 is 1.59 bits per heavy atom. The predicted molar refractivity (Wildman–Crippen MR) is 63.8 cm³/mol. The SMILES string of the molecule is COC[C@H]1CCCN(C(=O)[C@H]2CNCCO2)C1. The van der Waals surface area contributed by atoms with Crippen LogP contribution in [0.4, 0.5) is 0 Å². The smallest absolute Gasteiger partial charge is 0.253 e. The van der Waals surface area contributed by atoms with E-state index < -0.39 is 0 Å². The van der Waals surface area contributed by atoms with Gasteiger partial charge in [0.2, 0.25) is 0 Å². The van der Waals surface area contributed by atoms with Crippen LogP contribution in [-0.4, -0.2) is 63.4 Å². The van der Waals surface area contributed by atoms with Crippen LogP contribution in [-0.2, 0) is 14.3 Å². The molecule has 2 aliphatic rings. The van der Waals surface area contributed by atoms with Gasteiger partial charge in [0.25, 0.3) is 5.91 Å². The lowest BCUT2D eigenvalue weighted by Crippen LogP contribution is -2.52. The van der Waals surface area contributed by atoms with Crippen LogP contribution in [0, 0.1) is 5.92 Å². The van der Waals surface area contributed by atoms with Gasteiger partial charge < -0.3 is 19.7 Å². The number of piperidine rings is 1. The van der Waals surface area contributed by atoms with Gasteiger partial charge in [0.1, 0.15) is 6.10 Å². The first-order valence-corrected chi connectivity index (χ1v) is 6.41. The Morgan fingerprint density at radius 3 is 3.18 bits per heavy atom. The van der Waals surface area contributed by atoms with E-state index in [4.69, 9.17) is 9.47 Å². The number of carbonyl (C=O) groups excluding carboxylic acids is 1. The Morgan fingerprint density at radius 2 is 2.47 bits per heavy atom. The molecule has 1 amide bonds. The fourth-order valence-corrected chi connectivity index (χ4v) is 2.56. The summed E-state index contributed by atoms with van der Waals surface area (Å²) in [4.78, 5) is 14.2. The maximum absolute atomic E-state index is 12.2. The van der Waals surface area contributed by atoms with E-state index in [1.54, 1.807) is 7.11 Å². The predicted octanol–water partition coefficient (Wildman–Crippen LogP) is -0.140. The van der Waals surface area contributed by atoms with E-state index in [9.17, 15) is 4.79 Å². The Bertz CT molecular complexity index is 252. The molecule has 5 nitrogen and oxygen atoms in total. The third-order valence-corrected chi connectivity index (χ3v) is 3.44. The third kappa shape index (κ3) is 3.40. The molecular formula is C12H22N2O3. The minimum absolute atomic E-state index is 0.137. The first-order valence-electron chi connectivity index (χ1n) is 6.41. The van der Waals surface area contributed by atoms with E-state index in [0.717, 1.165) is 39.1 Å². The molecule has 98 valence electrons. The molecule has 17 heavy (non-hydrogen) atoms. The van der Waals surface area contributed by atoms with Gasteiger partial charge in [0, 0.05) is 33.3 Å². The standard InChI is InChI=1S/C12H22N2O3/c1-16-9-10-3-2-5-14(8-10)12(15)11-7-13-4-6-17-11/h10-11,13H,2-9H2,1H3/t10-,11+/m0/s1. The molecular weight excluding hydrogens is 220 g/mol. The Balaban J connectivity index is 1.85. The van der Waals surface area contributed by atoms with Crippen LogP contribution in [0.25, 0.3) is 0 Å². The average Bonchev–Trinajstić information content (AvgIpc) is 2.40. The van der Waals surface area contributed by atoms with Gasteiger partial charge in [-0.3, -0.25) is 4.79 Å². The molecule has 0 spiro atoms. The van der Waals surface area contributed by atoms with Crippen molar-refractivity contribution in [1.29, 1.82) is 0 Å². The highest BCUT2D eigenvalue weighted by atomic mass is 16.5. The third-order valence-electron chi connectivity index (χ3n) is 3.44. The highest BCUT2D eigenvalue weighted by Crippen LogP contribution is 2.18. The topological polar surface area (TPSA) is 50.8 Å². The number of morpholine rings is 1. The molecule has 0 aromatic heterocycles. The second-order valence-electron chi connectivity index (χ2n) is 4.81. The van der Waals surface area contributed by atoms with Gasteiger partial charge >= 0.3 is 0 Å². The van der Waals surface area contributed by atoms with Crippen molar-refractivity contribution in [3.05, 3.63) is 0 Å². The molecule has 0 aliphatic carbocycles. The van der Waals surface area contributed by atoms with E-state index >= 15 is 0 Å². The van der Waals surface area contributed by atoms with Crippen molar-refractivity contribution >= 4 is 5.91 Å². The summed E-state index contributed by atoms with van der Waals surface area (Å²) in [5.41, 5.74) is 0. The van der Waals surface area contributed by atoms with Gasteiger partial charge in [-0.25, -0.2) is 0 Å². The molecule has 2 fully saturated rings. The molecule has 2 aliphatic heterocycles. The van der Waals surface area contributed by atoms with Gasteiger partial charge in [-0.15, -0.1) is 0 Å². The van der Waals surface area contributed by atoms with Crippen LogP contribution in [0.5, 0.6) is 0 Å². The van der Waals surface area contributed by atoms with Gasteiger partial charge in [0.15, 0.2) is 0 Å². The first-order chi connectivity index (χ1) is 8.31. The average molecular weight is 242 g/mol. The monoisotopic (exact) mass is 242 g/mol. The zero-order valence-electron chi connectivity index (χ0n) is 10.5. The lowest BCUT2D eigenvalue weighted by molar-refractivity contribution is -0.147. The summed E-state index contributed by atoms with van der Waals surface area (Å²) in [5, 5.41) is 3.19. The van der Waals surface area contributed by atoms with E-state index in [1.807, 2.05) is 4.90 Å². The second-order valence-corrected chi connectivity index (χ2v) is 4.81. The van der Waals surface area contributed by atoms with Gasteiger partial charge in [0.05, 0.1) is 13.2 Å². The van der Waals surface area contributed by atoms with Gasteiger partial charge in [-0.05, 0) is 18.8 Å². The molecule has 0 aromatic rings.